The standard InChI is InChI=1S/C69H134O17P2/c1-9-62(8)48-40-32-26-28-36-44-52-69(74)86-65(56-80-67(72)50-42-34-27-25-31-39-47-61(6)7)58-84-88(77,78)82-54-63(70)53-81-87(75,76)83-57-64(85-68(73)51-43-35-24-20-22-30-38-46-60(4)5)55-79-66(71)49-41-33-23-19-17-15-13-11-10-12-14-16-18-21-29-37-45-59(2)3/h59-65,70H,9-58H2,1-8H3,(H,75,76)(H,77,78)/t62?,63-,64-,65-/m1/s1. The number of aliphatic hydroxyl groups is 1. The highest BCUT2D eigenvalue weighted by atomic mass is 31.2. The van der Waals surface area contributed by atoms with Gasteiger partial charge < -0.3 is 33.8 Å². The van der Waals surface area contributed by atoms with E-state index in [1.165, 1.54) is 135 Å². The molecular formula is C69H134O17P2. The fraction of sp³-hybridized carbons (Fsp3) is 0.942. The van der Waals surface area contributed by atoms with Crippen LogP contribution in [0.2, 0.25) is 0 Å². The van der Waals surface area contributed by atoms with Crippen LogP contribution >= 0.6 is 15.6 Å². The van der Waals surface area contributed by atoms with Gasteiger partial charge in [0.1, 0.15) is 19.3 Å². The van der Waals surface area contributed by atoms with E-state index in [0.717, 1.165) is 108 Å². The van der Waals surface area contributed by atoms with Gasteiger partial charge in [-0.25, -0.2) is 9.13 Å². The molecule has 0 aromatic rings. The summed E-state index contributed by atoms with van der Waals surface area (Å²) in [7, 11) is -9.90. The molecule has 0 aliphatic heterocycles. The summed E-state index contributed by atoms with van der Waals surface area (Å²) in [6, 6.07) is 0. The molecule has 0 spiro atoms. The number of ether oxygens (including phenoxy) is 4. The lowest BCUT2D eigenvalue weighted by Crippen LogP contribution is -2.30. The Morgan fingerprint density at radius 1 is 0.318 bits per heavy atom. The van der Waals surface area contributed by atoms with E-state index in [4.69, 9.17) is 37.0 Å². The molecule has 17 nitrogen and oxygen atoms in total. The lowest BCUT2D eigenvalue weighted by Gasteiger charge is -2.21. The second kappa shape index (κ2) is 58.8. The third-order valence-electron chi connectivity index (χ3n) is 16.2. The Balaban J connectivity index is 5.16. The average Bonchev–Trinajstić information content (AvgIpc) is 3.48. The summed E-state index contributed by atoms with van der Waals surface area (Å²) >= 11 is 0. The Labute approximate surface area is 537 Å². The minimum atomic E-state index is -4.95. The van der Waals surface area contributed by atoms with Crippen molar-refractivity contribution in [1.29, 1.82) is 0 Å². The Hall–Kier alpha value is -1.94. The van der Waals surface area contributed by atoms with Crippen LogP contribution in [0.5, 0.6) is 0 Å². The summed E-state index contributed by atoms with van der Waals surface area (Å²) in [4.78, 5) is 72.4. The molecule has 522 valence electrons. The van der Waals surface area contributed by atoms with Gasteiger partial charge in [0.2, 0.25) is 0 Å². The monoisotopic (exact) mass is 1300 g/mol. The normalized spacial score (nSPS) is 14.6. The molecule has 0 radical (unpaired) electrons. The number of hydrogen-bond donors (Lipinski definition) is 3. The van der Waals surface area contributed by atoms with E-state index in [1.807, 2.05) is 0 Å². The molecule has 0 fully saturated rings. The molecule has 0 amide bonds. The van der Waals surface area contributed by atoms with Gasteiger partial charge in [0, 0.05) is 25.7 Å². The lowest BCUT2D eigenvalue weighted by molar-refractivity contribution is -0.161. The maximum atomic E-state index is 13.0. The Kier molecular flexibility index (Phi) is 57.6. The number of rotatable bonds is 66. The molecule has 0 aromatic heterocycles. The fourth-order valence-electron chi connectivity index (χ4n) is 10.3. The quantitative estimate of drug-likeness (QED) is 0.0222. The minimum absolute atomic E-state index is 0.101. The molecule has 0 bridgehead atoms. The van der Waals surface area contributed by atoms with Crippen molar-refractivity contribution in [3.63, 3.8) is 0 Å². The highest BCUT2D eigenvalue weighted by Crippen LogP contribution is 2.45. The number of phosphoric ester groups is 2. The van der Waals surface area contributed by atoms with Crippen LogP contribution in [-0.2, 0) is 65.4 Å². The zero-order chi connectivity index (χ0) is 65.4. The Morgan fingerprint density at radius 3 is 0.807 bits per heavy atom. The molecule has 6 atom stereocenters. The van der Waals surface area contributed by atoms with Crippen LogP contribution in [-0.4, -0.2) is 96.7 Å². The summed E-state index contributed by atoms with van der Waals surface area (Å²) in [6.45, 7) is 14.0. The molecule has 3 N–H and O–H groups in total. The van der Waals surface area contributed by atoms with E-state index in [-0.39, 0.29) is 25.7 Å². The summed E-state index contributed by atoms with van der Waals surface area (Å²) < 4.78 is 68.1. The summed E-state index contributed by atoms with van der Waals surface area (Å²) in [5.41, 5.74) is 0. The number of esters is 4. The van der Waals surface area contributed by atoms with E-state index >= 15 is 0 Å². The maximum absolute atomic E-state index is 13.0. The first-order valence-electron chi connectivity index (χ1n) is 35.7. The molecule has 0 saturated heterocycles. The largest absolute Gasteiger partial charge is 0.472 e. The van der Waals surface area contributed by atoms with Crippen molar-refractivity contribution in [2.45, 2.75) is 356 Å². The number of unbranched alkanes of at least 4 members (excludes halogenated alkanes) is 31. The summed E-state index contributed by atoms with van der Waals surface area (Å²) in [5.74, 6) is 0.770. The minimum Gasteiger partial charge on any atom is -0.462 e. The predicted octanol–water partition coefficient (Wildman–Crippen LogP) is 19.3. The number of aliphatic hydroxyl groups excluding tert-OH is 1. The van der Waals surface area contributed by atoms with Gasteiger partial charge in [0.25, 0.3) is 0 Å². The zero-order valence-corrected chi connectivity index (χ0v) is 59.1. The van der Waals surface area contributed by atoms with E-state index < -0.39 is 97.5 Å². The molecule has 0 rings (SSSR count). The molecule has 19 heteroatoms. The molecule has 0 heterocycles. The van der Waals surface area contributed by atoms with Crippen LogP contribution in [0.15, 0.2) is 0 Å². The first-order chi connectivity index (χ1) is 42.1. The third kappa shape index (κ3) is 61.6. The van der Waals surface area contributed by atoms with Gasteiger partial charge in [0.15, 0.2) is 12.2 Å². The van der Waals surface area contributed by atoms with E-state index in [0.29, 0.717) is 37.5 Å². The highest BCUT2D eigenvalue weighted by molar-refractivity contribution is 7.47. The summed E-state index contributed by atoms with van der Waals surface area (Å²) in [5, 5.41) is 10.6. The zero-order valence-electron chi connectivity index (χ0n) is 57.3. The number of hydrogen-bond acceptors (Lipinski definition) is 15. The average molecular weight is 1300 g/mol. The summed E-state index contributed by atoms with van der Waals surface area (Å²) in [6.07, 6.45) is 40.7. The topological polar surface area (TPSA) is 237 Å². The van der Waals surface area contributed by atoms with E-state index in [1.54, 1.807) is 0 Å². The van der Waals surface area contributed by atoms with Gasteiger partial charge >= 0.3 is 39.5 Å². The first-order valence-corrected chi connectivity index (χ1v) is 38.7. The van der Waals surface area contributed by atoms with Crippen LogP contribution in [0, 0.1) is 23.7 Å². The maximum Gasteiger partial charge on any atom is 0.472 e. The van der Waals surface area contributed by atoms with Crippen LogP contribution in [0.1, 0.15) is 338 Å². The van der Waals surface area contributed by atoms with E-state index in [9.17, 15) is 43.2 Å². The van der Waals surface area contributed by atoms with Gasteiger partial charge in [0.05, 0.1) is 26.4 Å². The van der Waals surface area contributed by atoms with Crippen molar-refractivity contribution in [2.75, 3.05) is 39.6 Å². The van der Waals surface area contributed by atoms with Gasteiger partial charge in [-0.15, -0.1) is 0 Å². The molecule has 0 aromatic carbocycles. The smallest absolute Gasteiger partial charge is 0.462 e. The highest BCUT2D eigenvalue weighted by Gasteiger charge is 2.30. The Bertz CT molecular complexity index is 1750. The molecule has 0 aliphatic carbocycles. The third-order valence-corrected chi connectivity index (χ3v) is 18.1. The second-order valence-corrected chi connectivity index (χ2v) is 29.5. The molecule has 0 saturated carbocycles. The van der Waals surface area contributed by atoms with Crippen LogP contribution < -0.4 is 0 Å². The van der Waals surface area contributed by atoms with Crippen molar-refractivity contribution >= 4 is 39.5 Å². The number of phosphoric acid groups is 2. The van der Waals surface area contributed by atoms with Crippen molar-refractivity contribution in [3.8, 4) is 0 Å². The van der Waals surface area contributed by atoms with Crippen molar-refractivity contribution in [2.24, 2.45) is 23.7 Å². The first kappa shape index (κ1) is 86.1. The van der Waals surface area contributed by atoms with Gasteiger partial charge in [-0.2, -0.15) is 0 Å². The van der Waals surface area contributed by atoms with Crippen LogP contribution in [0.4, 0.5) is 0 Å². The molecule has 88 heavy (non-hydrogen) atoms. The van der Waals surface area contributed by atoms with Gasteiger partial charge in [-0.3, -0.25) is 37.3 Å². The second-order valence-electron chi connectivity index (χ2n) is 26.6. The number of carbonyl (C=O) groups excluding carboxylic acids is 4. The van der Waals surface area contributed by atoms with Gasteiger partial charge in [-0.1, -0.05) is 287 Å². The van der Waals surface area contributed by atoms with Crippen molar-refractivity contribution < 1.29 is 80.2 Å². The van der Waals surface area contributed by atoms with Gasteiger partial charge in [-0.05, 0) is 49.4 Å². The Morgan fingerprint density at radius 2 is 0.545 bits per heavy atom. The van der Waals surface area contributed by atoms with Crippen LogP contribution in [0.25, 0.3) is 0 Å². The van der Waals surface area contributed by atoms with Crippen LogP contribution in [0.3, 0.4) is 0 Å². The van der Waals surface area contributed by atoms with Crippen molar-refractivity contribution in [1.82, 2.24) is 0 Å². The van der Waals surface area contributed by atoms with Crippen molar-refractivity contribution in [3.05, 3.63) is 0 Å². The molecule has 0 aliphatic rings. The number of carbonyl (C=O) groups is 4. The molecular weight excluding hydrogens is 1160 g/mol. The fourth-order valence-corrected chi connectivity index (χ4v) is 11.9. The predicted molar refractivity (Wildman–Crippen MR) is 354 cm³/mol. The SMILES string of the molecule is CCC(C)CCCCCCCCC(=O)O[C@H](COC(=O)CCCCCCCCC(C)C)COP(=O)(O)OC[C@H](O)COP(=O)(O)OC[C@@H](COC(=O)CCCCCCCCCCCCCCCCCCC(C)C)OC(=O)CCCCCCCCCC(C)C. The van der Waals surface area contributed by atoms with E-state index in [2.05, 4.69) is 55.4 Å². The lowest BCUT2D eigenvalue weighted by atomic mass is 10.00. The molecule has 3 unspecified atom stereocenters.